The van der Waals surface area contributed by atoms with Gasteiger partial charge in [-0.25, -0.2) is 14.8 Å². The van der Waals surface area contributed by atoms with Gasteiger partial charge in [-0.1, -0.05) is 6.07 Å². The largest absolute Gasteiger partial charge is 0.489 e. The van der Waals surface area contributed by atoms with Crippen molar-refractivity contribution < 1.29 is 40.2 Å². The van der Waals surface area contributed by atoms with Crippen molar-refractivity contribution in [3.8, 4) is 11.5 Å². The number of nitrogens with zero attached hydrogens (tertiary/aromatic N) is 7. The van der Waals surface area contributed by atoms with Gasteiger partial charge in [-0.05, 0) is 80.7 Å². The smallest absolute Gasteiger partial charge is 0.394 e. The SMILES string of the molecule is C[C@@H](CN1CCC(c2ccc3c(N4CCC(=O)NC4=O)nn(C)c3c2)CC1)Oc1ccc(S(=O)(=O)[N+]2=CCC(Nc3ncc(OC(F)F)cn3)CC2)cc1. The van der Waals surface area contributed by atoms with E-state index in [1.54, 1.807) is 35.2 Å². The molecule has 5 heterocycles. The van der Waals surface area contributed by atoms with Crippen LogP contribution in [0.3, 0.4) is 0 Å². The molecule has 3 aliphatic rings. The van der Waals surface area contributed by atoms with Gasteiger partial charge >= 0.3 is 22.7 Å². The Hall–Kier alpha value is -5.23. The summed E-state index contributed by atoms with van der Waals surface area (Å²) in [5.74, 6) is 1.34. The second-order valence-electron chi connectivity index (χ2n) is 13.7. The number of carbonyl (C=O) groups excluding carboxylic acids is 2. The number of amides is 3. The van der Waals surface area contributed by atoms with E-state index in [2.05, 4.69) is 47.5 Å². The van der Waals surface area contributed by atoms with Crippen molar-refractivity contribution in [2.75, 3.05) is 42.9 Å². The first kappa shape index (κ1) is 37.1. The molecule has 7 rings (SSSR count). The summed E-state index contributed by atoms with van der Waals surface area (Å²) in [6, 6.07) is 12.2. The number of aryl methyl sites for hydroxylation is 1. The molecule has 2 atom stereocenters. The summed E-state index contributed by atoms with van der Waals surface area (Å²) in [5, 5.41) is 10.9. The van der Waals surface area contributed by atoms with E-state index in [1.807, 2.05) is 20.0 Å². The molecular formula is C36H42F2N9O6S+. The molecule has 0 saturated carbocycles. The fraction of sp³-hybridized carbons (Fsp3) is 0.444. The van der Waals surface area contributed by atoms with Gasteiger partial charge in [0.05, 0.1) is 17.9 Å². The third-order valence-electron chi connectivity index (χ3n) is 9.99. The standard InChI is InChI=1S/C36H41F2N9O6S/c1-23(22-45-14-9-24(10-15-45)25-3-8-30-31(19-25)44(2)43-33(30)47-18-13-32(48)42-36(47)49)52-27-4-6-29(7-5-27)54(50,51)46-16-11-26(12-17-46)41-35-39-20-28(21-40-35)53-34(37)38/h3-8,16,19-21,23-24,26,34H,9-15,17-18,22H2,1-2H3,(H-,39,40,41,42,48,49)/p+1/t23-,26?/m0/s1. The average molecular weight is 767 g/mol. The number of piperidine rings is 1. The number of hydrogen-bond acceptors (Lipinski definition) is 11. The molecule has 2 fully saturated rings. The number of sulfonamides is 1. The van der Waals surface area contributed by atoms with Gasteiger partial charge in [0, 0.05) is 50.8 Å². The van der Waals surface area contributed by atoms with Gasteiger partial charge in [-0.2, -0.15) is 22.3 Å². The minimum absolute atomic E-state index is 0.118. The van der Waals surface area contributed by atoms with Crippen LogP contribution in [0, 0.1) is 0 Å². The van der Waals surface area contributed by atoms with Crippen molar-refractivity contribution in [3.05, 3.63) is 60.4 Å². The predicted molar refractivity (Wildman–Crippen MR) is 195 cm³/mol. The molecule has 2 aromatic carbocycles. The molecule has 0 bridgehead atoms. The van der Waals surface area contributed by atoms with Gasteiger partial charge < -0.3 is 14.8 Å². The number of fused-ring (bicyclic) bond motifs is 1. The minimum atomic E-state index is -3.76. The second-order valence-corrected chi connectivity index (χ2v) is 15.6. The Morgan fingerprint density at radius 2 is 1.74 bits per heavy atom. The van der Waals surface area contributed by atoms with E-state index in [4.69, 9.17) is 4.74 Å². The minimum Gasteiger partial charge on any atom is -0.489 e. The number of benzene rings is 2. The molecule has 2 N–H and O–H groups in total. The zero-order valence-corrected chi connectivity index (χ0v) is 30.7. The van der Waals surface area contributed by atoms with Gasteiger partial charge in [0.2, 0.25) is 11.9 Å². The maximum absolute atomic E-state index is 13.4. The van der Waals surface area contributed by atoms with Crippen LogP contribution in [-0.4, -0.2) is 107 Å². The summed E-state index contributed by atoms with van der Waals surface area (Å²) in [4.78, 5) is 36.1. The maximum Gasteiger partial charge on any atom is 0.394 e. The molecule has 2 saturated heterocycles. The van der Waals surface area contributed by atoms with Crippen LogP contribution in [0.15, 0.2) is 59.8 Å². The van der Waals surface area contributed by atoms with Crippen molar-refractivity contribution >= 4 is 50.8 Å². The number of imide groups is 1. The molecule has 54 heavy (non-hydrogen) atoms. The van der Waals surface area contributed by atoms with E-state index in [0.29, 0.717) is 36.9 Å². The molecule has 0 spiro atoms. The van der Waals surface area contributed by atoms with Crippen LogP contribution in [0.25, 0.3) is 10.9 Å². The van der Waals surface area contributed by atoms with Crippen LogP contribution < -0.4 is 25.0 Å². The van der Waals surface area contributed by atoms with Crippen molar-refractivity contribution in [1.82, 2.24) is 30.0 Å². The van der Waals surface area contributed by atoms with E-state index >= 15 is 0 Å². The molecule has 15 nitrogen and oxygen atoms in total. The highest BCUT2D eigenvalue weighted by Gasteiger charge is 2.32. The molecule has 3 aliphatic heterocycles. The number of rotatable bonds is 12. The lowest BCUT2D eigenvalue weighted by molar-refractivity contribution is -0.368. The fourth-order valence-corrected chi connectivity index (χ4v) is 8.58. The number of nitrogens with one attached hydrogen (secondary N) is 2. The van der Waals surface area contributed by atoms with Gasteiger partial charge in [0.15, 0.2) is 24.3 Å². The first-order chi connectivity index (χ1) is 25.9. The monoisotopic (exact) mass is 766 g/mol. The highest BCUT2D eigenvalue weighted by molar-refractivity contribution is 7.85. The molecule has 1 unspecified atom stereocenters. The zero-order chi connectivity index (χ0) is 38.0. The average Bonchev–Trinajstić information content (AvgIpc) is 3.48. The Morgan fingerprint density at radius 1 is 1.00 bits per heavy atom. The molecule has 2 aromatic heterocycles. The molecular weight excluding hydrogens is 725 g/mol. The second kappa shape index (κ2) is 15.6. The van der Waals surface area contributed by atoms with Gasteiger partial charge in [0.25, 0.3) is 0 Å². The lowest BCUT2D eigenvalue weighted by Gasteiger charge is -2.33. The van der Waals surface area contributed by atoms with Crippen LogP contribution in [0.5, 0.6) is 11.5 Å². The number of anilines is 2. The quantitative estimate of drug-likeness (QED) is 0.200. The molecule has 0 aliphatic carbocycles. The Balaban J connectivity index is 0.881. The van der Waals surface area contributed by atoms with Gasteiger partial charge in [0.1, 0.15) is 16.7 Å². The van der Waals surface area contributed by atoms with Crippen molar-refractivity contribution in [3.63, 3.8) is 0 Å². The van der Waals surface area contributed by atoms with Crippen molar-refractivity contribution in [2.45, 2.75) is 68.6 Å². The predicted octanol–water partition coefficient (Wildman–Crippen LogP) is 4.10. The zero-order valence-electron chi connectivity index (χ0n) is 29.9. The number of hydrogen-bond donors (Lipinski definition) is 2. The molecule has 4 aromatic rings. The Bertz CT molecular complexity index is 2140. The highest BCUT2D eigenvalue weighted by atomic mass is 32.2. The highest BCUT2D eigenvalue weighted by Crippen LogP contribution is 2.34. The normalized spacial score (nSPS) is 19.5. The summed E-state index contributed by atoms with van der Waals surface area (Å²) in [7, 11) is -1.90. The third kappa shape index (κ3) is 8.28. The fourth-order valence-electron chi connectivity index (χ4n) is 7.21. The lowest BCUT2D eigenvalue weighted by atomic mass is 9.89. The number of halogens is 2. The molecule has 286 valence electrons. The van der Waals surface area contributed by atoms with Crippen LogP contribution >= 0.6 is 0 Å². The number of alkyl halides is 2. The summed E-state index contributed by atoms with van der Waals surface area (Å²) in [6.45, 7) is 2.14. The topological polar surface area (TPSA) is 164 Å². The number of urea groups is 1. The van der Waals surface area contributed by atoms with E-state index in [1.165, 1.54) is 14.4 Å². The van der Waals surface area contributed by atoms with Gasteiger partial charge in [-0.15, -0.1) is 3.98 Å². The van der Waals surface area contributed by atoms with Crippen molar-refractivity contribution in [1.29, 1.82) is 0 Å². The Kier molecular flexibility index (Phi) is 10.7. The van der Waals surface area contributed by atoms with Crippen LogP contribution in [-0.2, 0) is 21.9 Å². The summed E-state index contributed by atoms with van der Waals surface area (Å²) < 4.78 is 65.0. The van der Waals surface area contributed by atoms with Gasteiger partial charge in [-0.3, -0.25) is 24.6 Å². The molecule has 0 radical (unpaired) electrons. The van der Waals surface area contributed by atoms with Crippen LogP contribution in [0.4, 0.5) is 25.3 Å². The Morgan fingerprint density at radius 3 is 2.41 bits per heavy atom. The lowest BCUT2D eigenvalue weighted by Crippen LogP contribution is -2.49. The Labute approximate surface area is 311 Å². The van der Waals surface area contributed by atoms with Crippen LogP contribution in [0.1, 0.15) is 50.5 Å². The van der Waals surface area contributed by atoms with E-state index in [0.717, 1.165) is 55.8 Å². The number of likely N-dealkylation sites (tertiary alicyclic amines) is 1. The maximum atomic E-state index is 13.4. The third-order valence-corrected chi connectivity index (χ3v) is 11.8. The summed E-state index contributed by atoms with van der Waals surface area (Å²) in [6.07, 6.45) is 6.91. The number of aromatic nitrogens is 4. The molecule has 3 amide bonds. The first-order valence-corrected chi connectivity index (χ1v) is 19.3. The van der Waals surface area contributed by atoms with E-state index in [-0.39, 0.29) is 47.6 Å². The van der Waals surface area contributed by atoms with E-state index in [9.17, 15) is 26.8 Å². The van der Waals surface area contributed by atoms with Crippen LogP contribution in [0.2, 0.25) is 0 Å². The summed E-state index contributed by atoms with van der Waals surface area (Å²) >= 11 is 0. The summed E-state index contributed by atoms with van der Waals surface area (Å²) in [5.41, 5.74) is 2.17. The number of carbonyl (C=O) groups is 2. The van der Waals surface area contributed by atoms with Crippen molar-refractivity contribution in [2.24, 2.45) is 7.05 Å². The number of ether oxygens (including phenoxy) is 2. The molecule has 18 heteroatoms. The first-order valence-electron chi connectivity index (χ1n) is 17.9. The van der Waals surface area contributed by atoms with E-state index < -0.39 is 22.7 Å².